The van der Waals surface area contributed by atoms with Crippen molar-refractivity contribution >= 4 is 11.4 Å². The molecule has 1 saturated carbocycles. The SMILES string of the molecule is NC(N)=C(/C=C(\N)c1ccccc1O)N1CCN(c2cccc(OC3CCNCC3)c2)C2(CC2)C1. The van der Waals surface area contributed by atoms with Crippen LogP contribution < -0.4 is 32.2 Å². The fourth-order valence-corrected chi connectivity index (χ4v) is 5.29. The maximum absolute atomic E-state index is 10.2. The summed E-state index contributed by atoms with van der Waals surface area (Å²) in [6.45, 7) is 4.44. The van der Waals surface area contributed by atoms with Gasteiger partial charge in [0, 0.05) is 42.6 Å². The molecule has 35 heavy (non-hydrogen) atoms. The van der Waals surface area contributed by atoms with Crippen molar-refractivity contribution in [3.8, 4) is 11.5 Å². The standard InChI is InChI=1S/C27H36N6O2/c28-23(22-6-1-2-7-25(22)34)17-24(26(29)30)32-14-15-33(27(18-32)10-11-27)19-4-3-5-21(16-19)35-20-8-12-31-13-9-20/h1-7,16-17,20,31,34H,8-15,18,28-30H2/b23-17-. The Kier molecular flexibility index (Phi) is 6.38. The van der Waals surface area contributed by atoms with Crippen LogP contribution in [0, 0.1) is 0 Å². The molecular formula is C27H36N6O2. The van der Waals surface area contributed by atoms with E-state index in [1.54, 1.807) is 24.3 Å². The molecule has 3 fully saturated rings. The van der Waals surface area contributed by atoms with Crippen molar-refractivity contribution in [3.05, 3.63) is 71.7 Å². The lowest BCUT2D eigenvalue weighted by Crippen LogP contribution is -2.55. The zero-order valence-electron chi connectivity index (χ0n) is 20.1. The van der Waals surface area contributed by atoms with Gasteiger partial charge in [-0.1, -0.05) is 18.2 Å². The van der Waals surface area contributed by atoms with Crippen LogP contribution in [0.5, 0.6) is 11.5 Å². The Morgan fingerprint density at radius 2 is 1.80 bits per heavy atom. The maximum Gasteiger partial charge on any atom is 0.124 e. The van der Waals surface area contributed by atoms with Crippen molar-refractivity contribution in [1.82, 2.24) is 10.2 Å². The summed E-state index contributed by atoms with van der Waals surface area (Å²) < 4.78 is 6.30. The minimum Gasteiger partial charge on any atom is -0.507 e. The Labute approximate surface area is 207 Å². The van der Waals surface area contributed by atoms with Crippen molar-refractivity contribution in [2.45, 2.75) is 37.3 Å². The molecule has 5 rings (SSSR count). The molecule has 0 radical (unpaired) electrons. The summed E-state index contributed by atoms with van der Waals surface area (Å²) in [6, 6.07) is 15.5. The van der Waals surface area contributed by atoms with E-state index in [4.69, 9.17) is 21.9 Å². The summed E-state index contributed by atoms with van der Waals surface area (Å²) >= 11 is 0. The smallest absolute Gasteiger partial charge is 0.124 e. The molecule has 2 aliphatic heterocycles. The number of hydrogen-bond acceptors (Lipinski definition) is 8. The van der Waals surface area contributed by atoms with Crippen LogP contribution in [0.15, 0.2) is 66.1 Å². The van der Waals surface area contributed by atoms with E-state index in [1.807, 2.05) is 6.07 Å². The highest BCUT2D eigenvalue weighted by Crippen LogP contribution is 2.47. The number of piperidine rings is 1. The van der Waals surface area contributed by atoms with E-state index in [9.17, 15) is 5.11 Å². The van der Waals surface area contributed by atoms with E-state index >= 15 is 0 Å². The van der Waals surface area contributed by atoms with Gasteiger partial charge in [0.05, 0.1) is 11.2 Å². The zero-order valence-corrected chi connectivity index (χ0v) is 20.1. The number of ether oxygens (including phenoxy) is 1. The molecule has 3 aliphatic rings. The molecule has 2 aromatic rings. The third-order valence-electron chi connectivity index (χ3n) is 7.34. The number of phenolic OH excluding ortho intramolecular Hbond substituents is 1. The summed E-state index contributed by atoms with van der Waals surface area (Å²) in [5.74, 6) is 1.30. The van der Waals surface area contributed by atoms with Gasteiger partial charge in [0.15, 0.2) is 0 Å². The van der Waals surface area contributed by atoms with Crippen LogP contribution in [0.4, 0.5) is 5.69 Å². The van der Waals surface area contributed by atoms with Crippen molar-refractivity contribution in [1.29, 1.82) is 0 Å². The molecule has 186 valence electrons. The van der Waals surface area contributed by atoms with Gasteiger partial charge in [-0.2, -0.15) is 0 Å². The highest BCUT2D eigenvalue weighted by Gasteiger charge is 2.51. The molecule has 0 amide bonds. The van der Waals surface area contributed by atoms with E-state index in [2.05, 4.69) is 39.4 Å². The Morgan fingerprint density at radius 1 is 1.03 bits per heavy atom. The molecule has 2 heterocycles. The Morgan fingerprint density at radius 3 is 2.51 bits per heavy atom. The van der Waals surface area contributed by atoms with Crippen LogP contribution in [-0.2, 0) is 0 Å². The number of piperazine rings is 1. The molecular weight excluding hydrogens is 440 g/mol. The third kappa shape index (κ3) is 4.98. The molecule has 0 aromatic heterocycles. The molecule has 2 saturated heterocycles. The first-order valence-corrected chi connectivity index (χ1v) is 12.5. The van der Waals surface area contributed by atoms with E-state index < -0.39 is 0 Å². The topological polar surface area (TPSA) is 126 Å². The lowest BCUT2D eigenvalue weighted by atomic mass is 10.1. The predicted molar refractivity (Wildman–Crippen MR) is 140 cm³/mol. The minimum atomic E-state index is 0.0455. The fraction of sp³-hybridized carbons (Fsp3) is 0.407. The van der Waals surface area contributed by atoms with Gasteiger partial charge < -0.3 is 42.2 Å². The number of hydrogen-bond donors (Lipinski definition) is 5. The maximum atomic E-state index is 10.2. The second kappa shape index (κ2) is 9.62. The average Bonchev–Trinajstić information content (AvgIpc) is 3.62. The molecule has 0 unspecified atom stereocenters. The number of para-hydroxylation sites is 1. The number of rotatable bonds is 6. The van der Waals surface area contributed by atoms with Crippen LogP contribution in [0.3, 0.4) is 0 Å². The van der Waals surface area contributed by atoms with E-state index in [1.165, 1.54) is 5.69 Å². The average molecular weight is 477 g/mol. The summed E-state index contributed by atoms with van der Waals surface area (Å²) in [7, 11) is 0. The molecule has 8 heteroatoms. The number of phenols is 1. The van der Waals surface area contributed by atoms with Crippen molar-refractivity contribution in [3.63, 3.8) is 0 Å². The summed E-state index contributed by atoms with van der Waals surface area (Å²) in [5, 5.41) is 13.6. The highest BCUT2D eigenvalue weighted by atomic mass is 16.5. The van der Waals surface area contributed by atoms with Gasteiger partial charge in [0.2, 0.25) is 0 Å². The van der Waals surface area contributed by atoms with E-state index in [0.717, 1.165) is 64.2 Å². The lowest BCUT2D eigenvalue weighted by molar-refractivity contribution is 0.162. The van der Waals surface area contributed by atoms with Crippen LogP contribution >= 0.6 is 0 Å². The van der Waals surface area contributed by atoms with Crippen molar-refractivity contribution in [2.75, 3.05) is 37.6 Å². The molecule has 1 spiro atoms. The predicted octanol–water partition coefficient (Wildman–Crippen LogP) is 2.26. The van der Waals surface area contributed by atoms with Gasteiger partial charge in [-0.25, -0.2) is 0 Å². The highest BCUT2D eigenvalue weighted by molar-refractivity contribution is 5.70. The summed E-state index contributed by atoms with van der Waals surface area (Å²) in [5.41, 5.74) is 21.5. The molecule has 2 aromatic carbocycles. The van der Waals surface area contributed by atoms with Gasteiger partial charge in [-0.3, -0.25) is 0 Å². The minimum absolute atomic E-state index is 0.0455. The largest absolute Gasteiger partial charge is 0.507 e. The molecule has 1 aliphatic carbocycles. The molecule has 0 bridgehead atoms. The molecule has 0 atom stereocenters. The first-order chi connectivity index (χ1) is 16.9. The number of nitrogens with one attached hydrogen (secondary N) is 1. The van der Waals surface area contributed by atoms with Crippen molar-refractivity contribution in [2.24, 2.45) is 17.2 Å². The lowest BCUT2D eigenvalue weighted by Gasteiger charge is -2.45. The van der Waals surface area contributed by atoms with Crippen LogP contribution in [0.25, 0.3) is 5.70 Å². The van der Waals surface area contributed by atoms with Gasteiger partial charge in [-0.15, -0.1) is 0 Å². The Balaban J connectivity index is 1.33. The van der Waals surface area contributed by atoms with Crippen molar-refractivity contribution < 1.29 is 9.84 Å². The number of benzene rings is 2. The number of nitrogens with two attached hydrogens (primary N) is 3. The summed E-state index contributed by atoms with van der Waals surface area (Å²) in [6.07, 6.45) is 6.36. The van der Waals surface area contributed by atoms with Gasteiger partial charge in [0.1, 0.15) is 23.4 Å². The molecule has 8 nitrogen and oxygen atoms in total. The first-order valence-electron chi connectivity index (χ1n) is 12.5. The van der Waals surface area contributed by atoms with Crippen LogP contribution in [0.2, 0.25) is 0 Å². The Hall–Kier alpha value is -3.52. The fourth-order valence-electron chi connectivity index (χ4n) is 5.29. The van der Waals surface area contributed by atoms with E-state index in [0.29, 0.717) is 17.0 Å². The Bertz CT molecular complexity index is 1120. The second-order valence-corrected chi connectivity index (χ2v) is 9.82. The van der Waals surface area contributed by atoms with Gasteiger partial charge in [-0.05, 0) is 69.1 Å². The normalized spacial score (nSPS) is 20.1. The monoisotopic (exact) mass is 476 g/mol. The third-order valence-corrected chi connectivity index (χ3v) is 7.34. The van der Waals surface area contributed by atoms with E-state index in [-0.39, 0.29) is 23.2 Å². The van der Waals surface area contributed by atoms with Crippen LogP contribution in [0.1, 0.15) is 31.2 Å². The van der Waals surface area contributed by atoms with Gasteiger partial charge >= 0.3 is 0 Å². The second-order valence-electron chi connectivity index (χ2n) is 9.82. The molecule has 8 N–H and O–H groups in total. The first kappa shape index (κ1) is 23.2. The van der Waals surface area contributed by atoms with Crippen LogP contribution in [-0.4, -0.2) is 54.4 Å². The number of nitrogens with zero attached hydrogens (tertiary/aromatic N) is 2. The summed E-state index contributed by atoms with van der Waals surface area (Å²) in [4.78, 5) is 4.74. The van der Waals surface area contributed by atoms with Gasteiger partial charge in [0.25, 0.3) is 0 Å². The number of aromatic hydroxyl groups is 1. The number of allylic oxidation sites excluding steroid dienone is 1. The number of anilines is 1. The quantitative estimate of drug-likeness (QED) is 0.402. The zero-order chi connectivity index (χ0) is 24.4.